The second kappa shape index (κ2) is 7.29. The van der Waals surface area contributed by atoms with Crippen LogP contribution in [0.15, 0.2) is 30.3 Å². The molecule has 1 unspecified atom stereocenters. The van der Waals surface area contributed by atoms with E-state index in [1.54, 1.807) is 12.1 Å². The van der Waals surface area contributed by atoms with Gasteiger partial charge in [0.1, 0.15) is 19.0 Å². The van der Waals surface area contributed by atoms with Crippen molar-refractivity contribution in [1.29, 1.82) is 0 Å². The van der Waals surface area contributed by atoms with Crippen LogP contribution in [-0.2, 0) is 11.2 Å². The van der Waals surface area contributed by atoms with Gasteiger partial charge in [-0.25, -0.2) is 4.39 Å². The predicted octanol–water partition coefficient (Wildman–Crippen LogP) is 3.48. The fourth-order valence-corrected chi connectivity index (χ4v) is 2.89. The Kier molecular flexibility index (Phi) is 5.11. The first-order valence-electron chi connectivity index (χ1n) is 7.79. The normalized spacial score (nSPS) is 14.1. The van der Waals surface area contributed by atoms with Crippen molar-refractivity contribution in [3.8, 4) is 11.5 Å². The molecule has 0 fully saturated rings. The van der Waals surface area contributed by atoms with Gasteiger partial charge in [-0.05, 0) is 42.8 Å². The molecule has 5 nitrogen and oxygen atoms in total. The summed E-state index contributed by atoms with van der Waals surface area (Å²) in [5, 5.41) is 12.6. The van der Waals surface area contributed by atoms with Crippen LogP contribution in [0.1, 0.15) is 24.2 Å². The van der Waals surface area contributed by atoms with Gasteiger partial charge in [-0.2, -0.15) is 0 Å². The first kappa shape index (κ1) is 17.5. The number of carbonyl (C=O) groups excluding carboxylic acids is 1. The third-order valence-electron chi connectivity index (χ3n) is 3.75. The molecule has 2 aromatic carbocycles. The molecule has 1 heterocycles. The van der Waals surface area contributed by atoms with Gasteiger partial charge in [-0.3, -0.25) is 4.79 Å². The van der Waals surface area contributed by atoms with Crippen LogP contribution in [0, 0.1) is 5.82 Å². The number of nitrogens with one attached hydrogen (secondary N) is 1. The highest BCUT2D eigenvalue weighted by atomic mass is 35.5. The molecule has 1 amide bonds. The van der Waals surface area contributed by atoms with E-state index in [9.17, 15) is 14.3 Å². The summed E-state index contributed by atoms with van der Waals surface area (Å²) in [5.74, 6) is 0.180. The molecule has 1 aliphatic heterocycles. The zero-order valence-electron chi connectivity index (χ0n) is 13.5. The van der Waals surface area contributed by atoms with Crippen LogP contribution >= 0.6 is 11.6 Å². The van der Waals surface area contributed by atoms with Crippen LogP contribution in [0.25, 0.3) is 0 Å². The molecular formula is C18H17ClFNO4. The average molecular weight is 366 g/mol. The van der Waals surface area contributed by atoms with E-state index in [2.05, 4.69) is 5.32 Å². The highest BCUT2D eigenvalue weighted by Crippen LogP contribution is 2.38. The highest BCUT2D eigenvalue weighted by molar-refractivity contribution is 6.32. The van der Waals surface area contributed by atoms with Crippen molar-refractivity contribution < 1.29 is 23.8 Å². The Bertz CT molecular complexity index is 810. The molecule has 7 heteroatoms. The van der Waals surface area contributed by atoms with Crippen molar-refractivity contribution in [2.75, 3.05) is 18.5 Å². The maximum absolute atomic E-state index is 13.6. The number of halogens is 2. The van der Waals surface area contributed by atoms with Gasteiger partial charge in [0.25, 0.3) is 0 Å². The number of hydrogen-bond acceptors (Lipinski definition) is 4. The SMILES string of the molecule is CC(O)c1cc(NC(=O)Cc2cc(Cl)c3c(c2)OCCO3)ccc1F. The Balaban J connectivity index is 1.73. The number of carbonyl (C=O) groups is 1. The van der Waals surface area contributed by atoms with Crippen LogP contribution in [0.4, 0.5) is 10.1 Å². The predicted molar refractivity (Wildman–Crippen MR) is 91.8 cm³/mol. The van der Waals surface area contributed by atoms with Gasteiger partial charge in [0, 0.05) is 11.3 Å². The number of ether oxygens (including phenoxy) is 2. The summed E-state index contributed by atoms with van der Waals surface area (Å²) < 4.78 is 24.5. The van der Waals surface area contributed by atoms with E-state index in [4.69, 9.17) is 21.1 Å². The number of hydrogen-bond donors (Lipinski definition) is 2. The number of benzene rings is 2. The number of amides is 1. The number of aliphatic hydroxyl groups excluding tert-OH is 1. The summed E-state index contributed by atoms with van der Waals surface area (Å²) in [5.41, 5.74) is 1.20. The third kappa shape index (κ3) is 4.03. The van der Waals surface area contributed by atoms with E-state index in [-0.39, 0.29) is 17.9 Å². The van der Waals surface area contributed by atoms with Crippen LogP contribution < -0.4 is 14.8 Å². The number of fused-ring (bicyclic) bond motifs is 1. The molecule has 132 valence electrons. The van der Waals surface area contributed by atoms with E-state index in [0.717, 1.165) is 0 Å². The molecule has 0 saturated carbocycles. The molecule has 0 bridgehead atoms. The fourth-order valence-electron chi connectivity index (χ4n) is 2.60. The zero-order valence-corrected chi connectivity index (χ0v) is 14.3. The Labute approximate surface area is 149 Å². The third-order valence-corrected chi connectivity index (χ3v) is 4.03. The lowest BCUT2D eigenvalue weighted by atomic mass is 10.1. The Morgan fingerprint density at radius 3 is 2.84 bits per heavy atom. The molecule has 25 heavy (non-hydrogen) atoms. The van der Waals surface area contributed by atoms with Crippen molar-refractivity contribution in [3.05, 3.63) is 52.3 Å². The Morgan fingerprint density at radius 1 is 1.32 bits per heavy atom. The Morgan fingerprint density at radius 2 is 2.08 bits per heavy atom. The minimum absolute atomic E-state index is 0.0672. The van der Waals surface area contributed by atoms with Crippen molar-refractivity contribution in [3.63, 3.8) is 0 Å². The Hall–Kier alpha value is -2.31. The lowest BCUT2D eigenvalue weighted by molar-refractivity contribution is -0.115. The van der Waals surface area contributed by atoms with Crippen LogP contribution in [0.3, 0.4) is 0 Å². The van der Waals surface area contributed by atoms with Crippen LogP contribution in [0.2, 0.25) is 5.02 Å². The summed E-state index contributed by atoms with van der Waals surface area (Å²) in [4.78, 5) is 12.2. The topological polar surface area (TPSA) is 67.8 Å². The largest absolute Gasteiger partial charge is 0.486 e. The minimum atomic E-state index is -0.964. The van der Waals surface area contributed by atoms with Crippen LogP contribution in [0.5, 0.6) is 11.5 Å². The van der Waals surface area contributed by atoms with Gasteiger partial charge >= 0.3 is 0 Å². The first-order chi connectivity index (χ1) is 11.9. The molecular weight excluding hydrogens is 349 g/mol. The molecule has 0 aliphatic carbocycles. The second-order valence-electron chi connectivity index (χ2n) is 5.74. The van der Waals surface area contributed by atoms with E-state index < -0.39 is 11.9 Å². The average Bonchev–Trinajstić information content (AvgIpc) is 2.56. The van der Waals surface area contributed by atoms with Gasteiger partial charge in [0.2, 0.25) is 5.91 Å². The molecule has 2 N–H and O–H groups in total. The maximum atomic E-state index is 13.6. The lowest BCUT2D eigenvalue weighted by Gasteiger charge is -2.20. The van der Waals surface area contributed by atoms with E-state index in [0.29, 0.717) is 41.0 Å². The van der Waals surface area contributed by atoms with E-state index in [1.165, 1.54) is 25.1 Å². The lowest BCUT2D eigenvalue weighted by Crippen LogP contribution is -2.17. The summed E-state index contributed by atoms with van der Waals surface area (Å²) >= 11 is 6.16. The summed E-state index contributed by atoms with van der Waals surface area (Å²) in [6.45, 7) is 2.32. The molecule has 0 radical (unpaired) electrons. The summed E-state index contributed by atoms with van der Waals surface area (Å²) in [6.07, 6.45) is -0.897. The van der Waals surface area contributed by atoms with Gasteiger partial charge in [-0.15, -0.1) is 0 Å². The van der Waals surface area contributed by atoms with Crippen molar-refractivity contribution >= 4 is 23.2 Å². The van der Waals surface area contributed by atoms with E-state index in [1.807, 2.05) is 0 Å². The minimum Gasteiger partial charge on any atom is -0.486 e. The molecule has 1 atom stereocenters. The summed E-state index contributed by atoms with van der Waals surface area (Å²) in [6, 6.07) is 7.43. The van der Waals surface area contributed by atoms with Gasteiger partial charge in [0.05, 0.1) is 17.5 Å². The zero-order chi connectivity index (χ0) is 18.0. The van der Waals surface area contributed by atoms with Crippen molar-refractivity contribution in [2.45, 2.75) is 19.4 Å². The summed E-state index contributed by atoms with van der Waals surface area (Å²) in [7, 11) is 0. The molecule has 0 spiro atoms. The van der Waals surface area contributed by atoms with Crippen molar-refractivity contribution in [1.82, 2.24) is 0 Å². The monoisotopic (exact) mass is 365 g/mol. The van der Waals surface area contributed by atoms with Crippen LogP contribution in [-0.4, -0.2) is 24.2 Å². The molecule has 1 aliphatic rings. The van der Waals surface area contributed by atoms with Gasteiger partial charge < -0.3 is 19.9 Å². The molecule has 0 aromatic heterocycles. The highest BCUT2D eigenvalue weighted by Gasteiger charge is 2.18. The maximum Gasteiger partial charge on any atom is 0.228 e. The quantitative estimate of drug-likeness (QED) is 0.870. The molecule has 3 rings (SSSR count). The van der Waals surface area contributed by atoms with Gasteiger partial charge in [0.15, 0.2) is 11.5 Å². The second-order valence-corrected chi connectivity index (χ2v) is 6.15. The molecule has 2 aromatic rings. The first-order valence-corrected chi connectivity index (χ1v) is 8.17. The van der Waals surface area contributed by atoms with E-state index >= 15 is 0 Å². The standard InChI is InChI=1S/C18H17ClFNO4/c1-10(22)13-9-12(2-3-15(13)20)21-17(23)8-11-6-14(19)18-16(7-11)24-4-5-25-18/h2-3,6-7,9-10,22H,4-5,8H2,1H3,(H,21,23). The number of aliphatic hydroxyl groups is 1. The fraction of sp³-hybridized carbons (Fsp3) is 0.278. The number of rotatable bonds is 4. The smallest absolute Gasteiger partial charge is 0.228 e. The van der Waals surface area contributed by atoms with Gasteiger partial charge in [-0.1, -0.05) is 11.6 Å². The molecule has 0 saturated heterocycles. The number of anilines is 1. The van der Waals surface area contributed by atoms with Crippen molar-refractivity contribution in [2.24, 2.45) is 0 Å².